The van der Waals surface area contributed by atoms with Crippen LogP contribution in [0.4, 0.5) is 0 Å². The summed E-state index contributed by atoms with van der Waals surface area (Å²) in [6, 6.07) is 1.65. The number of sulfone groups is 1. The van der Waals surface area contributed by atoms with E-state index in [2.05, 4.69) is 26.2 Å². The standard InChI is InChI=1S/C10H13BrN2O3S/c1-17(15,16)4-2-3-13-10(14)8-5-9(11)7-12-6-8/h5-7H,2-4H2,1H3,(H,13,14). The average Bonchev–Trinajstić information content (AvgIpc) is 2.23. The van der Waals surface area contributed by atoms with Gasteiger partial charge >= 0.3 is 0 Å². The zero-order valence-corrected chi connectivity index (χ0v) is 11.7. The Labute approximate surface area is 109 Å². The SMILES string of the molecule is CS(=O)(=O)CCCNC(=O)c1cncc(Br)c1. The number of aromatic nitrogens is 1. The van der Waals surface area contributed by atoms with Gasteiger partial charge in [0.05, 0.1) is 11.3 Å². The lowest BCUT2D eigenvalue weighted by Gasteiger charge is -2.04. The molecular formula is C10H13BrN2O3S. The normalized spacial score (nSPS) is 11.2. The van der Waals surface area contributed by atoms with Gasteiger partial charge in [-0.2, -0.15) is 0 Å². The molecule has 0 unspecified atom stereocenters. The van der Waals surface area contributed by atoms with Crippen molar-refractivity contribution in [2.45, 2.75) is 6.42 Å². The van der Waals surface area contributed by atoms with Gasteiger partial charge in [0, 0.05) is 29.7 Å². The Bertz CT molecular complexity index is 502. The number of carbonyl (C=O) groups excluding carboxylic acids is 1. The highest BCUT2D eigenvalue weighted by Gasteiger charge is 2.06. The number of hydrogen-bond acceptors (Lipinski definition) is 4. The molecule has 0 aliphatic carbocycles. The fraction of sp³-hybridized carbons (Fsp3) is 0.400. The quantitative estimate of drug-likeness (QED) is 0.821. The van der Waals surface area contributed by atoms with Gasteiger partial charge in [0.1, 0.15) is 9.84 Å². The summed E-state index contributed by atoms with van der Waals surface area (Å²) in [5, 5.41) is 2.63. The van der Waals surface area contributed by atoms with E-state index < -0.39 is 9.84 Å². The summed E-state index contributed by atoms with van der Waals surface area (Å²) < 4.78 is 22.4. The summed E-state index contributed by atoms with van der Waals surface area (Å²) >= 11 is 3.22. The third-order valence-electron chi connectivity index (χ3n) is 1.94. The second kappa shape index (κ2) is 6.11. The van der Waals surface area contributed by atoms with Crippen molar-refractivity contribution in [3.05, 3.63) is 28.5 Å². The Balaban J connectivity index is 2.41. The molecule has 17 heavy (non-hydrogen) atoms. The van der Waals surface area contributed by atoms with E-state index in [4.69, 9.17) is 0 Å². The van der Waals surface area contributed by atoms with Crippen molar-refractivity contribution in [1.82, 2.24) is 10.3 Å². The average molecular weight is 321 g/mol. The lowest BCUT2D eigenvalue weighted by molar-refractivity contribution is 0.0953. The molecule has 0 aliphatic heterocycles. The molecule has 1 heterocycles. The maximum absolute atomic E-state index is 11.6. The van der Waals surface area contributed by atoms with Crippen LogP contribution in [-0.2, 0) is 9.84 Å². The summed E-state index contributed by atoms with van der Waals surface area (Å²) in [4.78, 5) is 15.5. The predicted molar refractivity (Wildman–Crippen MR) is 68.6 cm³/mol. The van der Waals surface area contributed by atoms with Gasteiger partial charge in [-0.05, 0) is 28.4 Å². The van der Waals surface area contributed by atoms with Crippen molar-refractivity contribution in [2.24, 2.45) is 0 Å². The topological polar surface area (TPSA) is 76.1 Å². The number of halogens is 1. The first-order chi connectivity index (χ1) is 7.88. The molecule has 94 valence electrons. The number of hydrogen-bond donors (Lipinski definition) is 1. The van der Waals surface area contributed by atoms with E-state index in [1.54, 1.807) is 12.3 Å². The molecule has 0 bridgehead atoms. The van der Waals surface area contributed by atoms with Gasteiger partial charge < -0.3 is 5.32 Å². The Kier molecular flexibility index (Phi) is 5.07. The second-order valence-electron chi connectivity index (χ2n) is 3.63. The smallest absolute Gasteiger partial charge is 0.252 e. The molecule has 0 saturated carbocycles. The molecule has 1 aromatic heterocycles. The molecule has 1 aromatic rings. The van der Waals surface area contributed by atoms with Gasteiger partial charge in [0.25, 0.3) is 5.91 Å². The molecule has 0 fully saturated rings. The van der Waals surface area contributed by atoms with Crippen LogP contribution in [0.1, 0.15) is 16.8 Å². The van der Waals surface area contributed by atoms with Crippen LogP contribution in [-0.4, -0.2) is 37.9 Å². The number of nitrogens with zero attached hydrogens (tertiary/aromatic N) is 1. The minimum atomic E-state index is -2.96. The van der Waals surface area contributed by atoms with E-state index in [1.807, 2.05) is 0 Å². The molecule has 1 N–H and O–H groups in total. The highest BCUT2D eigenvalue weighted by atomic mass is 79.9. The molecular weight excluding hydrogens is 308 g/mol. The van der Waals surface area contributed by atoms with E-state index in [0.29, 0.717) is 18.5 Å². The van der Waals surface area contributed by atoms with Crippen LogP contribution >= 0.6 is 15.9 Å². The number of carbonyl (C=O) groups is 1. The van der Waals surface area contributed by atoms with Crippen LogP contribution in [0.15, 0.2) is 22.9 Å². The summed E-state index contributed by atoms with van der Waals surface area (Å²) in [5.41, 5.74) is 0.443. The molecule has 0 radical (unpaired) electrons. The van der Waals surface area contributed by atoms with E-state index in [9.17, 15) is 13.2 Å². The van der Waals surface area contributed by atoms with E-state index in [-0.39, 0.29) is 11.7 Å². The van der Waals surface area contributed by atoms with Gasteiger partial charge in [-0.15, -0.1) is 0 Å². The third kappa shape index (κ3) is 5.78. The van der Waals surface area contributed by atoms with Gasteiger partial charge in [-0.1, -0.05) is 0 Å². The van der Waals surface area contributed by atoms with Crippen molar-refractivity contribution in [3.63, 3.8) is 0 Å². The van der Waals surface area contributed by atoms with Crippen LogP contribution in [0.5, 0.6) is 0 Å². The Morgan fingerprint density at radius 2 is 2.18 bits per heavy atom. The summed E-state index contributed by atoms with van der Waals surface area (Å²) in [6.07, 6.45) is 4.62. The molecule has 1 amide bonds. The van der Waals surface area contributed by atoms with Crippen LogP contribution in [0, 0.1) is 0 Å². The fourth-order valence-electron chi connectivity index (χ4n) is 1.17. The third-order valence-corrected chi connectivity index (χ3v) is 3.41. The summed E-state index contributed by atoms with van der Waals surface area (Å²) in [6.45, 7) is 0.332. The summed E-state index contributed by atoms with van der Waals surface area (Å²) in [7, 11) is -2.96. The zero-order valence-electron chi connectivity index (χ0n) is 9.31. The van der Waals surface area contributed by atoms with Crippen molar-refractivity contribution in [2.75, 3.05) is 18.6 Å². The largest absolute Gasteiger partial charge is 0.352 e. The minimum absolute atomic E-state index is 0.0734. The fourth-order valence-corrected chi connectivity index (χ4v) is 2.21. The molecule has 1 rings (SSSR count). The molecule has 0 atom stereocenters. The van der Waals surface area contributed by atoms with Crippen molar-refractivity contribution >= 4 is 31.7 Å². The van der Waals surface area contributed by atoms with Gasteiger partial charge in [-0.25, -0.2) is 8.42 Å². The Morgan fingerprint density at radius 3 is 2.76 bits per heavy atom. The number of rotatable bonds is 5. The first-order valence-corrected chi connectivity index (χ1v) is 7.80. The zero-order chi connectivity index (χ0) is 12.9. The van der Waals surface area contributed by atoms with Gasteiger partial charge in [0.2, 0.25) is 0 Å². The highest BCUT2D eigenvalue weighted by molar-refractivity contribution is 9.10. The predicted octanol–water partition coefficient (Wildman–Crippen LogP) is 1.01. The van der Waals surface area contributed by atoms with E-state index in [1.165, 1.54) is 12.5 Å². The van der Waals surface area contributed by atoms with Crippen LogP contribution in [0.2, 0.25) is 0 Å². The molecule has 0 spiro atoms. The highest BCUT2D eigenvalue weighted by Crippen LogP contribution is 2.09. The molecule has 0 aliphatic rings. The molecule has 5 nitrogen and oxygen atoms in total. The summed E-state index contributed by atoms with van der Waals surface area (Å²) in [5.74, 6) is -0.184. The Hall–Kier alpha value is -0.950. The maximum Gasteiger partial charge on any atom is 0.252 e. The lowest BCUT2D eigenvalue weighted by atomic mass is 10.2. The molecule has 0 saturated heterocycles. The first kappa shape index (κ1) is 14.1. The van der Waals surface area contributed by atoms with Crippen molar-refractivity contribution in [1.29, 1.82) is 0 Å². The van der Waals surface area contributed by atoms with Gasteiger partial charge in [0.15, 0.2) is 0 Å². The van der Waals surface area contributed by atoms with Crippen LogP contribution in [0.25, 0.3) is 0 Å². The Morgan fingerprint density at radius 1 is 1.47 bits per heavy atom. The lowest BCUT2D eigenvalue weighted by Crippen LogP contribution is -2.25. The molecule has 0 aromatic carbocycles. The number of pyridine rings is 1. The number of amides is 1. The monoisotopic (exact) mass is 320 g/mol. The van der Waals surface area contributed by atoms with E-state index >= 15 is 0 Å². The number of nitrogens with one attached hydrogen (secondary N) is 1. The molecule has 7 heteroatoms. The van der Waals surface area contributed by atoms with Gasteiger partial charge in [-0.3, -0.25) is 9.78 Å². The van der Waals surface area contributed by atoms with Crippen molar-refractivity contribution < 1.29 is 13.2 Å². The minimum Gasteiger partial charge on any atom is -0.352 e. The van der Waals surface area contributed by atoms with E-state index in [0.717, 1.165) is 4.47 Å². The first-order valence-electron chi connectivity index (χ1n) is 4.95. The second-order valence-corrected chi connectivity index (χ2v) is 6.81. The maximum atomic E-state index is 11.6. The van der Waals surface area contributed by atoms with Crippen LogP contribution in [0.3, 0.4) is 0 Å². The van der Waals surface area contributed by atoms with Crippen LogP contribution < -0.4 is 5.32 Å². The van der Waals surface area contributed by atoms with Crippen molar-refractivity contribution in [3.8, 4) is 0 Å².